The van der Waals surface area contributed by atoms with E-state index in [1.165, 1.54) is 24.6 Å². The normalized spacial score (nSPS) is 23.0. The van der Waals surface area contributed by atoms with Gasteiger partial charge in [0.2, 0.25) is 0 Å². The summed E-state index contributed by atoms with van der Waals surface area (Å²) in [6.45, 7) is 5.06. The number of carbonyl (C=O) groups is 2. The van der Waals surface area contributed by atoms with Crippen molar-refractivity contribution in [3.8, 4) is 0 Å². The predicted molar refractivity (Wildman–Crippen MR) is 84.4 cm³/mol. The molecule has 1 aliphatic heterocycles. The van der Waals surface area contributed by atoms with Gasteiger partial charge in [0.25, 0.3) is 0 Å². The van der Waals surface area contributed by atoms with Gasteiger partial charge in [-0.1, -0.05) is 26.7 Å². The van der Waals surface area contributed by atoms with Gasteiger partial charge in [-0.05, 0) is 25.2 Å². The van der Waals surface area contributed by atoms with E-state index in [0.717, 1.165) is 25.8 Å². The van der Waals surface area contributed by atoms with Crippen molar-refractivity contribution in [2.24, 2.45) is 5.92 Å². The number of hydrogen-bond donors (Lipinski definition) is 1. The first-order valence-electron chi connectivity index (χ1n) is 7.88. The first-order valence-corrected chi connectivity index (χ1v) is 9.04. The Morgan fingerprint density at radius 1 is 1.33 bits per heavy atom. The molecule has 120 valence electrons. The summed E-state index contributed by atoms with van der Waals surface area (Å²) in [6, 6.07) is -0.429. The molecule has 5 nitrogen and oxygen atoms in total. The lowest BCUT2D eigenvalue weighted by atomic mass is 10.1. The zero-order valence-corrected chi connectivity index (χ0v) is 13.8. The lowest BCUT2D eigenvalue weighted by Crippen LogP contribution is -2.51. The van der Waals surface area contributed by atoms with Crippen LogP contribution < -0.4 is 0 Å². The topological polar surface area (TPSA) is 60.9 Å². The van der Waals surface area contributed by atoms with Gasteiger partial charge in [-0.15, -0.1) is 11.8 Å². The highest BCUT2D eigenvalue weighted by atomic mass is 32.2. The summed E-state index contributed by atoms with van der Waals surface area (Å²) in [5, 5.41) is 9.27. The molecule has 0 aromatic rings. The van der Waals surface area contributed by atoms with Crippen molar-refractivity contribution in [1.82, 2.24) is 9.80 Å². The molecule has 0 radical (unpaired) electrons. The zero-order chi connectivity index (χ0) is 15.4. The van der Waals surface area contributed by atoms with Gasteiger partial charge in [-0.25, -0.2) is 9.59 Å². The Balaban J connectivity index is 2.07. The van der Waals surface area contributed by atoms with Crippen molar-refractivity contribution in [1.29, 1.82) is 0 Å². The number of rotatable bonds is 5. The summed E-state index contributed by atoms with van der Waals surface area (Å²) in [5.41, 5.74) is 0. The number of aliphatic carboxylic acids is 1. The highest BCUT2D eigenvalue weighted by Crippen LogP contribution is 2.28. The van der Waals surface area contributed by atoms with Crippen molar-refractivity contribution in [2.75, 3.05) is 18.2 Å². The number of amides is 2. The summed E-state index contributed by atoms with van der Waals surface area (Å²) in [6.07, 6.45) is 5.44. The predicted octanol–water partition coefficient (Wildman–Crippen LogP) is 2.86. The van der Waals surface area contributed by atoms with E-state index in [1.807, 2.05) is 4.90 Å². The van der Waals surface area contributed by atoms with Crippen molar-refractivity contribution < 1.29 is 14.7 Å². The van der Waals surface area contributed by atoms with Crippen LogP contribution >= 0.6 is 11.8 Å². The van der Waals surface area contributed by atoms with Gasteiger partial charge in [0.15, 0.2) is 0 Å². The smallest absolute Gasteiger partial charge is 0.327 e. The highest BCUT2D eigenvalue weighted by molar-refractivity contribution is 7.99. The van der Waals surface area contributed by atoms with E-state index >= 15 is 0 Å². The summed E-state index contributed by atoms with van der Waals surface area (Å²) >= 11 is 1.53. The molecule has 0 aromatic heterocycles. The second-order valence-electron chi connectivity index (χ2n) is 6.42. The maximum absolute atomic E-state index is 12.8. The monoisotopic (exact) mass is 314 g/mol. The molecule has 0 spiro atoms. The Hall–Kier alpha value is -0.910. The molecule has 0 bridgehead atoms. The molecular formula is C15H26N2O3S. The number of thioether (sulfide) groups is 1. The van der Waals surface area contributed by atoms with E-state index < -0.39 is 12.0 Å². The number of carbonyl (C=O) groups excluding carboxylic acids is 1. The lowest BCUT2D eigenvalue weighted by Gasteiger charge is -2.34. The van der Waals surface area contributed by atoms with Gasteiger partial charge in [0.1, 0.15) is 6.04 Å². The lowest BCUT2D eigenvalue weighted by molar-refractivity contribution is -0.141. The highest BCUT2D eigenvalue weighted by Gasteiger charge is 2.38. The van der Waals surface area contributed by atoms with E-state index in [4.69, 9.17) is 0 Å². The van der Waals surface area contributed by atoms with Crippen LogP contribution in [0.2, 0.25) is 0 Å². The third-order valence-corrected chi connectivity index (χ3v) is 5.38. The van der Waals surface area contributed by atoms with Crippen LogP contribution in [0.1, 0.15) is 46.0 Å². The molecule has 1 aliphatic carbocycles. The van der Waals surface area contributed by atoms with E-state index in [1.54, 1.807) is 4.90 Å². The largest absolute Gasteiger partial charge is 0.480 e. The molecule has 2 aliphatic rings. The Morgan fingerprint density at radius 2 is 2.00 bits per heavy atom. The third kappa shape index (κ3) is 4.05. The number of nitrogens with zero attached hydrogens (tertiary/aromatic N) is 2. The zero-order valence-electron chi connectivity index (χ0n) is 13.0. The van der Waals surface area contributed by atoms with E-state index in [0.29, 0.717) is 23.6 Å². The minimum Gasteiger partial charge on any atom is -0.480 e. The fraction of sp³-hybridized carbons (Fsp3) is 0.867. The summed E-state index contributed by atoms with van der Waals surface area (Å²) < 4.78 is 0. The van der Waals surface area contributed by atoms with Gasteiger partial charge in [-0.3, -0.25) is 0 Å². The summed E-state index contributed by atoms with van der Waals surface area (Å²) in [5.74, 6) is 0.665. The Labute approximate surface area is 131 Å². The van der Waals surface area contributed by atoms with Crippen LogP contribution in [-0.2, 0) is 4.79 Å². The number of carboxylic acid groups (broad SMARTS) is 1. The van der Waals surface area contributed by atoms with Gasteiger partial charge in [-0.2, -0.15) is 0 Å². The number of hydrogen-bond acceptors (Lipinski definition) is 3. The number of urea groups is 1. The fourth-order valence-electron chi connectivity index (χ4n) is 3.05. The Bertz CT molecular complexity index is 383. The molecular weight excluding hydrogens is 288 g/mol. The molecule has 2 fully saturated rings. The first kappa shape index (κ1) is 16.5. The molecule has 1 unspecified atom stereocenters. The van der Waals surface area contributed by atoms with E-state index in [2.05, 4.69) is 13.8 Å². The fourth-order valence-corrected chi connectivity index (χ4v) is 4.19. The SMILES string of the molecule is CC(C)CCN(C(=O)N1CSCC1C(=O)O)C1CCCC1. The first-order chi connectivity index (χ1) is 10.0. The van der Waals surface area contributed by atoms with Crippen LogP contribution in [0, 0.1) is 5.92 Å². The van der Waals surface area contributed by atoms with Crippen molar-refractivity contribution in [2.45, 2.75) is 58.0 Å². The maximum Gasteiger partial charge on any atom is 0.327 e. The van der Waals surface area contributed by atoms with Gasteiger partial charge < -0.3 is 14.9 Å². The molecule has 1 N–H and O–H groups in total. The number of carboxylic acids is 1. The maximum atomic E-state index is 12.8. The average Bonchev–Trinajstić information content (AvgIpc) is 3.09. The van der Waals surface area contributed by atoms with E-state index in [9.17, 15) is 14.7 Å². The molecule has 1 saturated heterocycles. The van der Waals surface area contributed by atoms with Crippen molar-refractivity contribution >= 4 is 23.8 Å². The molecule has 1 saturated carbocycles. The van der Waals surface area contributed by atoms with Crippen LogP contribution in [0.15, 0.2) is 0 Å². The van der Waals surface area contributed by atoms with Crippen LogP contribution in [0.5, 0.6) is 0 Å². The quantitative estimate of drug-likeness (QED) is 0.847. The third-order valence-electron chi connectivity index (χ3n) is 4.37. The van der Waals surface area contributed by atoms with Crippen molar-refractivity contribution in [3.63, 3.8) is 0 Å². The van der Waals surface area contributed by atoms with Crippen LogP contribution in [0.3, 0.4) is 0 Å². The molecule has 6 heteroatoms. The average molecular weight is 314 g/mol. The molecule has 0 aromatic carbocycles. The molecule has 21 heavy (non-hydrogen) atoms. The van der Waals surface area contributed by atoms with Crippen LogP contribution in [-0.4, -0.2) is 57.2 Å². The van der Waals surface area contributed by atoms with Gasteiger partial charge >= 0.3 is 12.0 Å². The molecule has 1 heterocycles. The summed E-state index contributed by atoms with van der Waals surface area (Å²) in [7, 11) is 0. The second kappa shape index (κ2) is 7.38. The minimum atomic E-state index is -0.886. The Kier molecular flexibility index (Phi) is 5.79. The second-order valence-corrected chi connectivity index (χ2v) is 7.42. The van der Waals surface area contributed by atoms with Crippen LogP contribution in [0.4, 0.5) is 4.79 Å². The van der Waals surface area contributed by atoms with Gasteiger partial charge in [0.05, 0.1) is 5.88 Å². The van der Waals surface area contributed by atoms with Crippen LogP contribution in [0.25, 0.3) is 0 Å². The molecule has 2 rings (SSSR count). The molecule has 1 atom stereocenters. The Morgan fingerprint density at radius 3 is 2.57 bits per heavy atom. The summed E-state index contributed by atoms with van der Waals surface area (Å²) in [4.78, 5) is 27.6. The van der Waals surface area contributed by atoms with E-state index in [-0.39, 0.29) is 6.03 Å². The standard InChI is InChI=1S/C15H26N2O3S/c1-11(2)7-8-16(12-5-3-4-6-12)15(20)17-10-21-9-13(17)14(18)19/h11-13H,3-10H2,1-2H3,(H,18,19). The van der Waals surface area contributed by atoms with Crippen molar-refractivity contribution in [3.05, 3.63) is 0 Å². The van der Waals surface area contributed by atoms with Gasteiger partial charge in [0, 0.05) is 18.3 Å². The minimum absolute atomic E-state index is 0.0695. The molecule has 2 amide bonds.